The Morgan fingerprint density at radius 2 is 1.97 bits per heavy atom. The summed E-state index contributed by atoms with van der Waals surface area (Å²) in [5.41, 5.74) is 2.61. The molecule has 0 unspecified atom stereocenters. The van der Waals surface area contributed by atoms with Gasteiger partial charge in [-0.2, -0.15) is 8.78 Å². The molecule has 0 fully saturated rings. The van der Waals surface area contributed by atoms with Gasteiger partial charge in [-0.3, -0.25) is 9.36 Å². The maximum absolute atomic E-state index is 13.7. The fourth-order valence-corrected chi connectivity index (χ4v) is 4.61. The molecule has 150 valence electrons. The number of aryl methyl sites for hydroxylation is 2. The molecule has 3 heterocycles. The molecule has 29 heavy (non-hydrogen) atoms. The first-order chi connectivity index (χ1) is 13.8. The first-order valence-corrected chi connectivity index (χ1v) is 12.1. The van der Waals surface area contributed by atoms with Gasteiger partial charge in [0, 0.05) is 11.9 Å². The van der Waals surface area contributed by atoms with Gasteiger partial charge in [0.25, 0.3) is 5.56 Å². The van der Waals surface area contributed by atoms with Gasteiger partial charge < -0.3 is 5.32 Å². The molecule has 0 aliphatic rings. The molecule has 0 bridgehead atoms. The number of nitrogens with one attached hydrogen (secondary N) is 1. The minimum absolute atomic E-state index is 0.195. The molecule has 1 N–H and O–H groups in total. The normalized spacial score (nSPS) is 12.0. The molecule has 1 aromatic carbocycles. The number of hydrogen-bond donors (Lipinski definition) is 1. The smallest absolute Gasteiger partial charge is 0.307 e. The highest BCUT2D eigenvalue weighted by atomic mass is 127. The molecule has 0 aliphatic carbocycles. The summed E-state index contributed by atoms with van der Waals surface area (Å²) in [5.74, 6) is 0.523. The summed E-state index contributed by atoms with van der Waals surface area (Å²) in [6.45, 7) is 3.24. The predicted octanol–water partition coefficient (Wildman–Crippen LogP) is 5.02. The molecule has 3 aromatic heterocycles. The summed E-state index contributed by atoms with van der Waals surface area (Å²) in [6, 6.07) is 9.25. The van der Waals surface area contributed by atoms with E-state index in [2.05, 4.69) is 19.8 Å². The number of fused-ring (bicyclic) bond motifs is 3. The second-order valence-corrected chi connectivity index (χ2v) is 9.90. The van der Waals surface area contributed by atoms with Gasteiger partial charge in [0.2, 0.25) is 0 Å². The molecule has 0 radical (unpaired) electrons. The number of thiophene rings is 1. The Morgan fingerprint density at radius 3 is 2.66 bits per heavy atom. The number of pyridine rings is 1. The van der Waals surface area contributed by atoms with Gasteiger partial charge in [0.15, 0.2) is 0 Å². The highest BCUT2D eigenvalue weighted by Gasteiger charge is 2.25. The lowest BCUT2D eigenvalue weighted by Crippen LogP contribution is -2.21. The zero-order valence-corrected chi connectivity index (χ0v) is 18.6. The Bertz CT molecular complexity index is 1300. The van der Waals surface area contributed by atoms with E-state index in [1.165, 1.54) is 11.3 Å². The van der Waals surface area contributed by atoms with E-state index in [1.54, 1.807) is 23.8 Å². The van der Waals surface area contributed by atoms with Crippen molar-refractivity contribution in [1.29, 1.82) is 0 Å². The van der Waals surface area contributed by atoms with Crippen molar-refractivity contribution in [3.05, 3.63) is 58.3 Å². The summed E-state index contributed by atoms with van der Waals surface area (Å²) in [5, 5.41) is 3.40. The Labute approximate surface area is 179 Å². The number of hydrogen-bond acceptors (Lipinski definition) is 5. The highest BCUT2D eigenvalue weighted by molar-refractivity contribution is 14.2. The third-order valence-corrected chi connectivity index (χ3v) is 7.10. The quantitative estimate of drug-likeness (QED) is 0.293. The largest absolute Gasteiger partial charge is 0.378 e. The van der Waals surface area contributed by atoms with Crippen LogP contribution in [0.25, 0.3) is 26.1 Å². The molecule has 0 saturated carbocycles. The molecule has 5 nitrogen and oxygen atoms in total. The maximum Gasteiger partial charge on any atom is 0.307 e. The topological polar surface area (TPSA) is 59.8 Å². The molecule has 0 amide bonds. The molecule has 0 saturated heterocycles. The van der Waals surface area contributed by atoms with Crippen molar-refractivity contribution in [3.63, 3.8) is 0 Å². The lowest BCUT2D eigenvalue weighted by molar-refractivity contribution is 0.142. The molecule has 4 rings (SSSR count). The fraction of sp³-hybridized carbons (Fsp3) is 0.200. The number of nitrogens with zero attached hydrogens (tertiary/aromatic N) is 3. The molecular formula is C20H17F2IN4OS. The SMILES string of the molecule is C=IC(F)(F)CNc1ccnc2sc3c(=O)n(-c4ccc(C)cc4)c(C)nc3c12. The zero-order chi connectivity index (χ0) is 20.8. The number of alkyl halides is 3. The first-order valence-electron chi connectivity index (χ1n) is 8.70. The van der Waals surface area contributed by atoms with E-state index in [4.69, 9.17) is 0 Å². The average Bonchev–Trinajstić information content (AvgIpc) is 3.07. The number of benzene rings is 1. The molecule has 0 spiro atoms. The first kappa shape index (κ1) is 20.0. The van der Waals surface area contributed by atoms with Crippen molar-refractivity contribution in [2.45, 2.75) is 17.8 Å². The average molecular weight is 526 g/mol. The Kier molecular flexibility index (Phi) is 5.19. The second kappa shape index (κ2) is 7.52. The van der Waals surface area contributed by atoms with Gasteiger partial charge in [-0.1, -0.05) is 22.2 Å². The highest BCUT2D eigenvalue weighted by Crippen LogP contribution is 2.36. The van der Waals surface area contributed by atoms with Crippen LogP contribution in [0.1, 0.15) is 11.4 Å². The number of halogens is 3. The van der Waals surface area contributed by atoms with Crippen LogP contribution in [0.3, 0.4) is 0 Å². The maximum atomic E-state index is 13.7. The van der Waals surface area contributed by atoms with Crippen LogP contribution in [-0.4, -0.2) is 29.5 Å². The van der Waals surface area contributed by atoms with Crippen molar-refractivity contribution in [1.82, 2.24) is 14.5 Å². The van der Waals surface area contributed by atoms with E-state index >= 15 is 0 Å². The lowest BCUT2D eigenvalue weighted by Gasteiger charge is -2.13. The van der Waals surface area contributed by atoms with E-state index < -0.39 is 31.2 Å². The van der Waals surface area contributed by atoms with Crippen LogP contribution in [0.5, 0.6) is 0 Å². The standard InChI is InChI=1S/C20H17F2IN4OS/c1-11-4-6-13(7-5-11)27-12(2)26-16-15-14(25-10-20(21,22)23-3)8-9-24-18(15)29-17(16)19(27)28/h4-9H,3,10H2,1-2H3,(H,24,25). The van der Waals surface area contributed by atoms with Crippen molar-refractivity contribution in [2.75, 3.05) is 11.9 Å². The van der Waals surface area contributed by atoms with Crippen LogP contribution in [-0.2, 0) is 0 Å². The van der Waals surface area contributed by atoms with Gasteiger partial charge in [-0.05, 0) is 52.8 Å². The third kappa shape index (κ3) is 3.68. The summed E-state index contributed by atoms with van der Waals surface area (Å²) < 4.78 is 30.0. The van der Waals surface area contributed by atoms with Gasteiger partial charge in [-0.25, -0.2) is 9.97 Å². The van der Waals surface area contributed by atoms with Gasteiger partial charge in [0.05, 0.1) is 17.6 Å². The Hall–Kier alpha value is -2.27. The van der Waals surface area contributed by atoms with E-state index in [0.29, 0.717) is 31.9 Å². The number of aromatic nitrogens is 3. The van der Waals surface area contributed by atoms with Gasteiger partial charge >= 0.3 is 3.93 Å². The fourth-order valence-electron chi connectivity index (χ4n) is 3.11. The van der Waals surface area contributed by atoms with Crippen LogP contribution >= 0.6 is 32.1 Å². The van der Waals surface area contributed by atoms with Crippen molar-refractivity contribution >= 4 is 62.7 Å². The lowest BCUT2D eigenvalue weighted by atomic mass is 10.2. The Morgan fingerprint density at radius 1 is 1.24 bits per heavy atom. The van der Waals surface area contributed by atoms with E-state index in [1.807, 2.05) is 31.2 Å². The van der Waals surface area contributed by atoms with Crippen LogP contribution in [0.2, 0.25) is 0 Å². The zero-order valence-electron chi connectivity index (χ0n) is 15.7. The molecule has 0 aliphatic heterocycles. The third-order valence-electron chi connectivity index (χ3n) is 4.53. The summed E-state index contributed by atoms with van der Waals surface area (Å²) in [4.78, 5) is 22.8. The summed E-state index contributed by atoms with van der Waals surface area (Å²) in [6.07, 6.45) is 1.54. The minimum atomic E-state index is -2.82. The van der Waals surface area contributed by atoms with Gasteiger partial charge in [-0.15, -0.1) is 11.3 Å². The molecule has 4 aromatic rings. The molecule has 9 heteroatoms. The van der Waals surface area contributed by atoms with Crippen LogP contribution in [0.15, 0.2) is 41.3 Å². The molecule has 0 atom stereocenters. The van der Waals surface area contributed by atoms with E-state index in [0.717, 1.165) is 11.3 Å². The van der Waals surface area contributed by atoms with Crippen molar-refractivity contribution in [3.8, 4) is 5.69 Å². The van der Waals surface area contributed by atoms with Crippen LogP contribution < -0.4 is 10.9 Å². The summed E-state index contributed by atoms with van der Waals surface area (Å²) in [7, 11) is 0. The van der Waals surface area contributed by atoms with E-state index in [9.17, 15) is 13.6 Å². The second-order valence-electron chi connectivity index (χ2n) is 6.56. The number of anilines is 1. The number of rotatable bonds is 5. The predicted molar refractivity (Wildman–Crippen MR) is 125 cm³/mol. The van der Waals surface area contributed by atoms with Crippen LogP contribution in [0.4, 0.5) is 14.5 Å². The van der Waals surface area contributed by atoms with Crippen molar-refractivity contribution in [2.24, 2.45) is 0 Å². The Balaban J connectivity index is 1.91. The minimum Gasteiger partial charge on any atom is -0.378 e. The summed E-state index contributed by atoms with van der Waals surface area (Å²) >= 11 is -0.254. The monoisotopic (exact) mass is 526 g/mol. The van der Waals surface area contributed by atoms with Gasteiger partial charge in [0.1, 0.15) is 20.9 Å². The van der Waals surface area contributed by atoms with Crippen molar-refractivity contribution < 1.29 is 8.78 Å². The van der Waals surface area contributed by atoms with E-state index in [-0.39, 0.29) is 5.56 Å². The molecular weight excluding hydrogens is 509 g/mol. The van der Waals surface area contributed by atoms with Crippen LogP contribution in [0, 0.1) is 13.8 Å².